The minimum absolute atomic E-state index is 0.567. The molecule has 114 valence electrons. The van der Waals surface area contributed by atoms with E-state index in [1.807, 2.05) is 24.3 Å². The highest BCUT2D eigenvalue weighted by Gasteiger charge is 2.14. The third-order valence-electron chi connectivity index (χ3n) is 3.40. The van der Waals surface area contributed by atoms with Crippen LogP contribution in [0.15, 0.2) is 30.3 Å². The van der Waals surface area contributed by atoms with Crippen molar-refractivity contribution in [2.45, 2.75) is 0 Å². The zero-order valence-electron chi connectivity index (χ0n) is 12.5. The summed E-state index contributed by atoms with van der Waals surface area (Å²) >= 11 is 1.47. The van der Waals surface area contributed by atoms with Crippen LogP contribution in [0.5, 0.6) is 17.2 Å². The summed E-state index contributed by atoms with van der Waals surface area (Å²) in [6, 6.07) is 9.87. The second-order valence-corrected chi connectivity index (χ2v) is 5.71. The van der Waals surface area contributed by atoms with Crippen molar-refractivity contribution in [1.29, 1.82) is 0 Å². The summed E-state index contributed by atoms with van der Waals surface area (Å²) in [5.41, 5.74) is 8.67. The van der Waals surface area contributed by atoms with Crippen LogP contribution in [0.2, 0.25) is 0 Å². The van der Waals surface area contributed by atoms with Gasteiger partial charge in [-0.3, -0.25) is 0 Å². The van der Waals surface area contributed by atoms with Gasteiger partial charge < -0.3 is 19.9 Å². The predicted octanol–water partition coefficient (Wildman–Crippen LogP) is 3.57. The number of nitrogens with two attached hydrogens (primary N) is 1. The van der Waals surface area contributed by atoms with E-state index in [9.17, 15) is 0 Å². The van der Waals surface area contributed by atoms with E-state index in [2.05, 4.69) is 11.1 Å². The molecule has 6 heteroatoms. The Morgan fingerprint density at radius 2 is 1.59 bits per heavy atom. The van der Waals surface area contributed by atoms with Crippen molar-refractivity contribution in [2.24, 2.45) is 0 Å². The lowest BCUT2D eigenvalue weighted by Crippen LogP contribution is -1.95. The van der Waals surface area contributed by atoms with Crippen molar-refractivity contribution in [3.63, 3.8) is 0 Å². The highest BCUT2D eigenvalue weighted by Crippen LogP contribution is 2.41. The molecule has 1 aromatic heterocycles. The van der Waals surface area contributed by atoms with Crippen LogP contribution in [-0.2, 0) is 0 Å². The molecular formula is C16H16N2O3S. The molecule has 0 saturated carbocycles. The van der Waals surface area contributed by atoms with Gasteiger partial charge in [0.15, 0.2) is 16.6 Å². The molecule has 0 aliphatic carbocycles. The van der Waals surface area contributed by atoms with E-state index in [4.69, 9.17) is 19.9 Å². The Labute approximate surface area is 132 Å². The summed E-state index contributed by atoms with van der Waals surface area (Å²) in [5.74, 6) is 1.83. The molecule has 0 amide bonds. The average molecular weight is 316 g/mol. The molecule has 1 heterocycles. The molecule has 0 spiro atoms. The number of methoxy groups -OCH3 is 3. The van der Waals surface area contributed by atoms with E-state index in [1.54, 1.807) is 21.3 Å². The number of fused-ring (bicyclic) bond motifs is 1. The van der Waals surface area contributed by atoms with Crippen LogP contribution in [-0.4, -0.2) is 26.3 Å². The summed E-state index contributed by atoms with van der Waals surface area (Å²) in [6.07, 6.45) is 0. The molecule has 0 atom stereocenters. The number of ether oxygens (including phenoxy) is 3. The van der Waals surface area contributed by atoms with Crippen molar-refractivity contribution in [2.75, 3.05) is 27.1 Å². The smallest absolute Gasteiger partial charge is 0.203 e. The fourth-order valence-electron chi connectivity index (χ4n) is 2.37. The molecule has 0 saturated heterocycles. The van der Waals surface area contributed by atoms with Crippen LogP contribution < -0.4 is 19.9 Å². The number of rotatable bonds is 4. The van der Waals surface area contributed by atoms with E-state index >= 15 is 0 Å². The number of hydrogen-bond donors (Lipinski definition) is 1. The molecule has 2 aromatic carbocycles. The van der Waals surface area contributed by atoms with Crippen LogP contribution in [0, 0.1) is 0 Å². The second kappa shape index (κ2) is 5.73. The number of thiazole rings is 1. The number of nitrogen functional groups attached to an aromatic ring is 1. The minimum Gasteiger partial charge on any atom is -0.493 e. The Bertz CT molecular complexity index is 804. The Balaban J connectivity index is 2.16. The molecular weight excluding hydrogens is 300 g/mol. The standard InChI is InChI=1S/C16H16N2O3S/c1-19-12-6-10(7-13(20-2)15(12)21-3)9-4-5-11-14(8-9)22-16(17)18-11/h4-8H,1-3H3,(H2,17,18). The lowest BCUT2D eigenvalue weighted by atomic mass is 10.0. The number of nitrogens with zero attached hydrogens (tertiary/aromatic N) is 1. The number of aromatic nitrogens is 1. The molecule has 3 aromatic rings. The summed E-state index contributed by atoms with van der Waals surface area (Å²) in [7, 11) is 4.80. The van der Waals surface area contributed by atoms with Crippen molar-refractivity contribution >= 4 is 26.7 Å². The summed E-state index contributed by atoms with van der Waals surface area (Å²) in [6.45, 7) is 0. The van der Waals surface area contributed by atoms with Crippen LogP contribution in [0.4, 0.5) is 5.13 Å². The lowest BCUT2D eigenvalue weighted by molar-refractivity contribution is 0.324. The summed E-state index contributed by atoms with van der Waals surface area (Å²) < 4.78 is 17.2. The third-order valence-corrected chi connectivity index (χ3v) is 4.25. The Hall–Kier alpha value is -2.47. The quantitative estimate of drug-likeness (QED) is 0.797. The monoisotopic (exact) mass is 316 g/mol. The molecule has 0 radical (unpaired) electrons. The normalized spacial score (nSPS) is 10.7. The molecule has 22 heavy (non-hydrogen) atoms. The van der Waals surface area contributed by atoms with Gasteiger partial charge in [-0.05, 0) is 35.4 Å². The first-order valence-corrected chi connectivity index (χ1v) is 7.44. The van der Waals surface area contributed by atoms with E-state index in [1.165, 1.54) is 11.3 Å². The van der Waals surface area contributed by atoms with Crippen molar-refractivity contribution in [3.05, 3.63) is 30.3 Å². The second-order valence-electron chi connectivity index (χ2n) is 4.65. The first-order chi connectivity index (χ1) is 10.7. The zero-order valence-corrected chi connectivity index (χ0v) is 13.4. The Morgan fingerprint density at radius 1 is 0.909 bits per heavy atom. The fraction of sp³-hybridized carbons (Fsp3) is 0.188. The molecule has 0 aliphatic heterocycles. The van der Waals surface area contributed by atoms with E-state index in [-0.39, 0.29) is 0 Å². The maximum atomic E-state index is 5.76. The first kappa shape index (κ1) is 14.5. The van der Waals surface area contributed by atoms with E-state index in [0.717, 1.165) is 21.3 Å². The molecule has 0 unspecified atom stereocenters. The maximum Gasteiger partial charge on any atom is 0.203 e. The highest BCUT2D eigenvalue weighted by molar-refractivity contribution is 7.22. The lowest BCUT2D eigenvalue weighted by Gasteiger charge is -2.14. The summed E-state index contributed by atoms with van der Waals surface area (Å²) in [4.78, 5) is 4.27. The molecule has 2 N–H and O–H groups in total. The maximum absolute atomic E-state index is 5.76. The van der Waals surface area contributed by atoms with Gasteiger partial charge in [-0.1, -0.05) is 17.4 Å². The van der Waals surface area contributed by atoms with E-state index < -0.39 is 0 Å². The minimum atomic E-state index is 0.567. The van der Waals surface area contributed by atoms with Gasteiger partial charge in [-0.25, -0.2) is 4.98 Å². The van der Waals surface area contributed by atoms with Gasteiger partial charge in [0.25, 0.3) is 0 Å². The fourth-order valence-corrected chi connectivity index (χ4v) is 3.14. The Kier molecular flexibility index (Phi) is 3.77. The van der Waals surface area contributed by atoms with Crippen molar-refractivity contribution < 1.29 is 14.2 Å². The SMILES string of the molecule is COc1cc(-c2ccc3nc(N)sc3c2)cc(OC)c1OC. The van der Waals surface area contributed by atoms with Crippen LogP contribution in [0.1, 0.15) is 0 Å². The van der Waals surface area contributed by atoms with Gasteiger partial charge in [0.2, 0.25) is 5.75 Å². The van der Waals surface area contributed by atoms with E-state index in [0.29, 0.717) is 22.4 Å². The predicted molar refractivity (Wildman–Crippen MR) is 89.1 cm³/mol. The van der Waals surface area contributed by atoms with Gasteiger partial charge >= 0.3 is 0 Å². The van der Waals surface area contributed by atoms with Crippen molar-refractivity contribution in [1.82, 2.24) is 4.98 Å². The topological polar surface area (TPSA) is 66.6 Å². The van der Waals surface area contributed by atoms with Gasteiger partial charge in [-0.2, -0.15) is 0 Å². The first-order valence-electron chi connectivity index (χ1n) is 6.62. The largest absolute Gasteiger partial charge is 0.493 e. The number of hydrogen-bond acceptors (Lipinski definition) is 6. The molecule has 0 bridgehead atoms. The molecule has 0 aliphatic rings. The van der Waals surface area contributed by atoms with Gasteiger partial charge in [-0.15, -0.1) is 0 Å². The average Bonchev–Trinajstić information content (AvgIpc) is 2.92. The van der Waals surface area contributed by atoms with Crippen molar-refractivity contribution in [3.8, 4) is 28.4 Å². The van der Waals surface area contributed by atoms with Crippen LogP contribution in [0.25, 0.3) is 21.3 Å². The van der Waals surface area contributed by atoms with Crippen LogP contribution in [0.3, 0.4) is 0 Å². The molecule has 3 rings (SSSR count). The summed E-state index contributed by atoms with van der Waals surface area (Å²) in [5, 5.41) is 0.567. The molecule has 0 fully saturated rings. The zero-order chi connectivity index (χ0) is 15.7. The number of anilines is 1. The molecule has 5 nitrogen and oxygen atoms in total. The van der Waals surface area contributed by atoms with Gasteiger partial charge in [0, 0.05) is 0 Å². The Morgan fingerprint density at radius 3 is 2.18 bits per heavy atom. The third kappa shape index (κ3) is 2.42. The van der Waals surface area contributed by atoms with Gasteiger partial charge in [0.1, 0.15) is 0 Å². The highest BCUT2D eigenvalue weighted by atomic mass is 32.1. The number of benzene rings is 2. The van der Waals surface area contributed by atoms with Crippen LogP contribution >= 0.6 is 11.3 Å². The van der Waals surface area contributed by atoms with Gasteiger partial charge in [0.05, 0.1) is 31.5 Å².